The third kappa shape index (κ3) is 3.16. The summed E-state index contributed by atoms with van der Waals surface area (Å²) in [7, 11) is 0. The lowest BCUT2D eigenvalue weighted by Gasteiger charge is -2.28. The van der Waals surface area contributed by atoms with Crippen LogP contribution >= 0.6 is 0 Å². The number of hydrogen-bond acceptors (Lipinski definition) is 4. The first-order valence-electron chi connectivity index (χ1n) is 8.72. The van der Waals surface area contributed by atoms with Gasteiger partial charge >= 0.3 is 0 Å². The average Bonchev–Trinajstić information content (AvgIpc) is 3.05. The number of nitrogens with zero attached hydrogens (tertiary/aromatic N) is 4. The normalized spacial score (nSPS) is 19.7. The van der Waals surface area contributed by atoms with Gasteiger partial charge in [0.15, 0.2) is 0 Å². The second-order valence-corrected chi connectivity index (χ2v) is 6.78. The van der Waals surface area contributed by atoms with Crippen LogP contribution in [-0.2, 0) is 19.4 Å². The minimum atomic E-state index is -0.127. The summed E-state index contributed by atoms with van der Waals surface area (Å²) < 4.78 is 1.94. The average molecular weight is 312 g/mol. The quantitative estimate of drug-likeness (QED) is 0.943. The standard InChI is InChI=1S/C18H24N4O/c23-16-8-10-21(11-9-16)12-15-13-22(20-19-15)18-7-3-5-14-4-1-2-6-17(14)18/h3,5,7,13,16,23H,1-2,4,6,8-12H2. The van der Waals surface area contributed by atoms with E-state index in [1.54, 1.807) is 0 Å². The van der Waals surface area contributed by atoms with E-state index < -0.39 is 0 Å². The van der Waals surface area contributed by atoms with Gasteiger partial charge in [-0.05, 0) is 55.7 Å². The number of fused-ring (bicyclic) bond motifs is 1. The van der Waals surface area contributed by atoms with E-state index in [-0.39, 0.29) is 6.10 Å². The molecule has 2 heterocycles. The fourth-order valence-corrected chi connectivity index (χ4v) is 3.77. The Bertz CT molecular complexity index is 673. The van der Waals surface area contributed by atoms with Crippen LogP contribution in [0.3, 0.4) is 0 Å². The maximum absolute atomic E-state index is 9.60. The molecule has 2 aliphatic rings. The molecule has 122 valence electrons. The van der Waals surface area contributed by atoms with E-state index in [4.69, 9.17) is 0 Å². The first-order valence-corrected chi connectivity index (χ1v) is 8.72. The number of aromatic nitrogens is 3. The second-order valence-electron chi connectivity index (χ2n) is 6.78. The Balaban J connectivity index is 1.52. The van der Waals surface area contributed by atoms with Crippen molar-refractivity contribution in [1.29, 1.82) is 0 Å². The summed E-state index contributed by atoms with van der Waals surface area (Å²) in [5.74, 6) is 0. The van der Waals surface area contributed by atoms with Crippen LogP contribution in [0.15, 0.2) is 24.4 Å². The minimum absolute atomic E-state index is 0.127. The van der Waals surface area contributed by atoms with Gasteiger partial charge in [0, 0.05) is 19.6 Å². The van der Waals surface area contributed by atoms with Crippen molar-refractivity contribution in [2.75, 3.05) is 13.1 Å². The smallest absolute Gasteiger partial charge is 0.0971 e. The molecule has 0 amide bonds. The molecule has 0 unspecified atom stereocenters. The summed E-state index contributed by atoms with van der Waals surface area (Å²) in [6.45, 7) is 2.70. The molecule has 1 aliphatic heterocycles. The maximum Gasteiger partial charge on any atom is 0.0971 e. The van der Waals surface area contributed by atoms with Crippen LogP contribution in [0, 0.1) is 0 Å². The van der Waals surface area contributed by atoms with Gasteiger partial charge in [0.25, 0.3) is 0 Å². The fraction of sp³-hybridized carbons (Fsp3) is 0.556. The van der Waals surface area contributed by atoms with Crippen LogP contribution in [-0.4, -0.2) is 44.2 Å². The molecule has 23 heavy (non-hydrogen) atoms. The van der Waals surface area contributed by atoms with Crippen LogP contribution < -0.4 is 0 Å². The third-order valence-corrected chi connectivity index (χ3v) is 5.10. The molecule has 0 radical (unpaired) electrons. The van der Waals surface area contributed by atoms with Gasteiger partial charge in [-0.3, -0.25) is 4.90 Å². The largest absolute Gasteiger partial charge is 0.393 e. The van der Waals surface area contributed by atoms with Gasteiger partial charge in [-0.25, -0.2) is 4.68 Å². The molecule has 5 heteroatoms. The van der Waals surface area contributed by atoms with Crippen molar-refractivity contribution in [3.05, 3.63) is 41.2 Å². The fourth-order valence-electron chi connectivity index (χ4n) is 3.77. The van der Waals surface area contributed by atoms with Crippen molar-refractivity contribution in [2.24, 2.45) is 0 Å². The Hall–Kier alpha value is -1.72. The molecule has 1 aromatic carbocycles. The molecule has 1 aliphatic carbocycles. The van der Waals surface area contributed by atoms with Gasteiger partial charge in [0.1, 0.15) is 0 Å². The monoisotopic (exact) mass is 312 g/mol. The third-order valence-electron chi connectivity index (χ3n) is 5.10. The van der Waals surface area contributed by atoms with E-state index in [0.717, 1.165) is 44.6 Å². The van der Waals surface area contributed by atoms with E-state index in [9.17, 15) is 5.11 Å². The highest BCUT2D eigenvalue weighted by molar-refractivity contribution is 5.46. The molecule has 2 aromatic rings. The summed E-state index contributed by atoms with van der Waals surface area (Å²) in [4.78, 5) is 2.35. The molecule has 1 saturated heterocycles. The molecule has 1 aromatic heterocycles. The number of hydrogen-bond donors (Lipinski definition) is 1. The summed E-state index contributed by atoms with van der Waals surface area (Å²) in [5.41, 5.74) is 5.11. The highest BCUT2D eigenvalue weighted by atomic mass is 16.3. The van der Waals surface area contributed by atoms with E-state index in [1.807, 2.05) is 4.68 Å². The van der Waals surface area contributed by atoms with Crippen LogP contribution in [0.5, 0.6) is 0 Å². The Kier molecular flexibility index (Phi) is 4.14. The summed E-state index contributed by atoms with van der Waals surface area (Å²) >= 11 is 0. The van der Waals surface area contributed by atoms with Gasteiger partial charge in [-0.15, -0.1) is 5.10 Å². The van der Waals surface area contributed by atoms with Crippen molar-refractivity contribution in [3.8, 4) is 5.69 Å². The van der Waals surface area contributed by atoms with Gasteiger partial charge in [-0.1, -0.05) is 17.3 Å². The number of rotatable bonds is 3. The number of benzene rings is 1. The molecule has 0 bridgehead atoms. The van der Waals surface area contributed by atoms with Gasteiger partial charge in [0.05, 0.1) is 23.7 Å². The van der Waals surface area contributed by atoms with Crippen molar-refractivity contribution in [3.63, 3.8) is 0 Å². The first kappa shape index (κ1) is 14.8. The predicted molar refractivity (Wildman–Crippen MR) is 88.5 cm³/mol. The first-order chi connectivity index (χ1) is 11.3. The summed E-state index contributed by atoms with van der Waals surface area (Å²) in [6.07, 6.45) is 8.54. The number of aliphatic hydroxyl groups excluding tert-OH is 1. The second kappa shape index (κ2) is 6.42. The van der Waals surface area contributed by atoms with Crippen molar-refractivity contribution >= 4 is 0 Å². The molecule has 1 N–H and O–H groups in total. The number of aryl methyl sites for hydroxylation is 1. The summed E-state index contributed by atoms with van der Waals surface area (Å²) in [5, 5.41) is 18.3. The van der Waals surface area contributed by atoms with Crippen molar-refractivity contribution in [1.82, 2.24) is 19.9 Å². The van der Waals surface area contributed by atoms with Crippen LogP contribution in [0.4, 0.5) is 0 Å². The SMILES string of the molecule is OC1CCN(Cc2cn(-c3cccc4c3CCCC4)nn2)CC1. The molecule has 0 atom stereocenters. The lowest BCUT2D eigenvalue weighted by atomic mass is 9.90. The number of piperidine rings is 1. The molecule has 0 saturated carbocycles. The zero-order valence-electron chi connectivity index (χ0n) is 13.5. The van der Waals surface area contributed by atoms with Gasteiger partial charge in [-0.2, -0.15) is 0 Å². The molecular weight excluding hydrogens is 288 g/mol. The molecule has 4 rings (SSSR count). The zero-order valence-corrected chi connectivity index (χ0v) is 13.5. The zero-order chi connectivity index (χ0) is 15.6. The van der Waals surface area contributed by atoms with Gasteiger partial charge < -0.3 is 5.11 Å². The molecular formula is C18H24N4O. The Labute approximate surface area is 136 Å². The number of likely N-dealkylation sites (tertiary alicyclic amines) is 1. The molecule has 5 nitrogen and oxygen atoms in total. The Morgan fingerprint density at radius 2 is 1.96 bits per heavy atom. The van der Waals surface area contributed by atoms with Crippen molar-refractivity contribution in [2.45, 2.75) is 51.2 Å². The van der Waals surface area contributed by atoms with E-state index >= 15 is 0 Å². The summed E-state index contributed by atoms with van der Waals surface area (Å²) in [6, 6.07) is 6.53. The molecule has 0 spiro atoms. The van der Waals surface area contributed by atoms with Crippen LogP contribution in [0.2, 0.25) is 0 Å². The lowest BCUT2D eigenvalue weighted by molar-refractivity contribution is 0.0786. The topological polar surface area (TPSA) is 54.2 Å². The Morgan fingerprint density at radius 1 is 1.13 bits per heavy atom. The van der Waals surface area contributed by atoms with Crippen LogP contribution in [0.25, 0.3) is 5.69 Å². The minimum Gasteiger partial charge on any atom is -0.393 e. The Morgan fingerprint density at radius 3 is 2.83 bits per heavy atom. The highest BCUT2D eigenvalue weighted by Gasteiger charge is 2.19. The predicted octanol–water partition coefficient (Wildman–Crippen LogP) is 2.10. The maximum atomic E-state index is 9.60. The number of aliphatic hydroxyl groups is 1. The molecule has 1 fully saturated rings. The van der Waals surface area contributed by atoms with Crippen LogP contribution in [0.1, 0.15) is 42.5 Å². The van der Waals surface area contributed by atoms with E-state index in [0.29, 0.717) is 0 Å². The highest BCUT2D eigenvalue weighted by Crippen LogP contribution is 2.26. The van der Waals surface area contributed by atoms with Crippen molar-refractivity contribution < 1.29 is 5.11 Å². The lowest BCUT2D eigenvalue weighted by Crippen LogP contribution is -2.35. The van der Waals surface area contributed by atoms with E-state index in [2.05, 4.69) is 39.6 Å². The van der Waals surface area contributed by atoms with E-state index in [1.165, 1.54) is 36.1 Å². The van der Waals surface area contributed by atoms with Gasteiger partial charge in [0.2, 0.25) is 0 Å².